The smallest absolute Gasteiger partial charge is 0.306 e. The van der Waals surface area contributed by atoms with Gasteiger partial charge in [-0.15, -0.1) is 0 Å². The molecule has 27 heavy (non-hydrogen) atoms. The number of carbonyl (C=O) groups is 1. The van der Waals surface area contributed by atoms with Gasteiger partial charge in [-0.3, -0.25) is 4.79 Å². The zero-order valence-electron chi connectivity index (χ0n) is 14.1. The number of nitrogens with two attached hydrogens (primary N) is 2. The van der Waals surface area contributed by atoms with E-state index >= 15 is 0 Å². The molecule has 9 heteroatoms. The minimum absolute atomic E-state index is 0.248. The van der Waals surface area contributed by atoms with Gasteiger partial charge in [0, 0.05) is 20.0 Å². The normalized spacial score (nSPS) is 9.56. The van der Waals surface area contributed by atoms with E-state index in [4.69, 9.17) is 57.9 Å². The Labute approximate surface area is 191 Å². The molecule has 0 saturated heterocycles. The summed E-state index contributed by atoms with van der Waals surface area (Å²) >= 11 is 25.1. The van der Waals surface area contributed by atoms with Crippen LogP contribution in [0.1, 0.15) is 18.4 Å². The third-order valence-corrected chi connectivity index (χ3v) is 5.00. The maximum atomic E-state index is 10.8. The summed E-state index contributed by atoms with van der Waals surface area (Å²) in [6.07, 6.45) is 0.647. The molecule has 144 valence electrons. The van der Waals surface area contributed by atoms with Gasteiger partial charge in [0.15, 0.2) is 0 Å². The van der Waals surface area contributed by atoms with Gasteiger partial charge < -0.3 is 16.2 Å². The third-order valence-electron chi connectivity index (χ3n) is 3.04. The van der Waals surface area contributed by atoms with Gasteiger partial charge in [-0.1, -0.05) is 58.2 Å². The molecule has 0 aliphatic carbocycles. The Morgan fingerprint density at radius 1 is 1.04 bits per heavy atom. The number of anilines is 2. The van der Waals surface area contributed by atoms with Gasteiger partial charge in [0.2, 0.25) is 0 Å². The Morgan fingerprint density at radius 3 is 2.15 bits per heavy atom. The molecule has 0 fully saturated rings. The molecule has 0 heterocycles. The number of methoxy groups -OCH3 is 1. The first kappa shape index (κ1) is 24.0. The second-order valence-corrected chi connectivity index (χ2v) is 7.86. The van der Waals surface area contributed by atoms with Gasteiger partial charge in [-0.2, -0.15) is 0 Å². The van der Waals surface area contributed by atoms with Crippen molar-refractivity contribution in [2.45, 2.75) is 12.8 Å². The summed E-state index contributed by atoms with van der Waals surface area (Å²) in [5.41, 5.74) is 12.8. The maximum absolute atomic E-state index is 10.8. The van der Waals surface area contributed by atoms with Crippen LogP contribution < -0.4 is 11.5 Å². The van der Waals surface area contributed by atoms with Crippen molar-refractivity contribution in [3.8, 4) is 11.8 Å². The standard InChI is InChI=1S/C12H11Cl2NO2.C6H4Cl2IN/c1-17-11(16)5-3-2-4-8-6-9(13)7-10(14)12(8)15;7-3-1-4(8)6(10)5(9)2-3/h6-7H,3,5,15H2,1H3;1-2H,10H2. The first-order chi connectivity index (χ1) is 12.6. The first-order valence-corrected chi connectivity index (χ1v) is 9.95. The van der Waals surface area contributed by atoms with Gasteiger partial charge in [0.1, 0.15) is 0 Å². The molecule has 0 spiro atoms. The molecule has 4 N–H and O–H groups in total. The molecule has 0 aliphatic rings. The van der Waals surface area contributed by atoms with Crippen LogP contribution >= 0.6 is 69.0 Å². The van der Waals surface area contributed by atoms with E-state index in [1.165, 1.54) is 7.11 Å². The fraction of sp³-hybridized carbons (Fsp3) is 0.167. The van der Waals surface area contributed by atoms with Crippen molar-refractivity contribution >= 4 is 86.3 Å². The van der Waals surface area contributed by atoms with Crippen molar-refractivity contribution in [1.29, 1.82) is 0 Å². The summed E-state index contributed by atoms with van der Waals surface area (Å²) in [6.45, 7) is 0. The second kappa shape index (κ2) is 11.7. The molecule has 0 radical (unpaired) electrons. The van der Waals surface area contributed by atoms with E-state index < -0.39 is 0 Å². The van der Waals surface area contributed by atoms with E-state index in [-0.39, 0.29) is 12.4 Å². The van der Waals surface area contributed by atoms with Gasteiger partial charge in [-0.05, 0) is 46.9 Å². The number of hydrogen-bond donors (Lipinski definition) is 2. The van der Waals surface area contributed by atoms with E-state index in [1.54, 1.807) is 24.3 Å². The zero-order valence-corrected chi connectivity index (χ0v) is 19.3. The van der Waals surface area contributed by atoms with Crippen LogP contribution in [0.4, 0.5) is 11.4 Å². The van der Waals surface area contributed by atoms with Crippen molar-refractivity contribution in [2.75, 3.05) is 18.6 Å². The lowest BCUT2D eigenvalue weighted by Gasteiger charge is -2.01. The van der Waals surface area contributed by atoms with Crippen LogP contribution in [-0.4, -0.2) is 13.1 Å². The molecule has 0 amide bonds. The number of hydrogen-bond acceptors (Lipinski definition) is 4. The summed E-state index contributed by atoms with van der Waals surface area (Å²) in [5, 5.41) is 1.97. The Kier molecular flexibility index (Phi) is 10.4. The monoisotopic (exact) mass is 558 g/mol. The molecule has 2 rings (SSSR count). The molecule has 0 atom stereocenters. The maximum Gasteiger partial charge on any atom is 0.306 e. The molecule has 0 aromatic heterocycles. The second-order valence-electron chi connectivity index (χ2n) is 5.01. The third kappa shape index (κ3) is 8.24. The highest BCUT2D eigenvalue weighted by Gasteiger charge is 2.04. The average Bonchev–Trinajstić information content (AvgIpc) is 2.60. The van der Waals surface area contributed by atoms with Gasteiger partial charge in [0.05, 0.1) is 40.5 Å². The summed E-state index contributed by atoms with van der Waals surface area (Å²) < 4.78 is 5.38. The molecular formula is C18H15Cl4IN2O2. The Morgan fingerprint density at radius 2 is 1.59 bits per heavy atom. The number of esters is 1. The zero-order chi connectivity index (χ0) is 20.6. The minimum Gasteiger partial charge on any atom is -0.469 e. The van der Waals surface area contributed by atoms with Crippen molar-refractivity contribution in [3.63, 3.8) is 0 Å². The van der Waals surface area contributed by atoms with Crippen molar-refractivity contribution < 1.29 is 9.53 Å². The molecule has 0 saturated carbocycles. The van der Waals surface area contributed by atoms with Gasteiger partial charge >= 0.3 is 5.97 Å². The van der Waals surface area contributed by atoms with Crippen LogP contribution in [0.15, 0.2) is 24.3 Å². The molecular weight excluding hydrogens is 545 g/mol. The van der Waals surface area contributed by atoms with Crippen molar-refractivity contribution in [3.05, 3.63) is 53.5 Å². The molecule has 2 aromatic rings. The number of nitrogen functional groups attached to an aromatic ring is 2. The highest BCUT2D eigenvalue weighted by molar-refractivity contribution is 14.1. The Hall–Kier alpha value is -1.04. The van der Waals surface area contributed by atoms with Crippen LogP contribution in [0.25, 0.3) is 0 Å². The van der Waals surface area contributed by atoms with E-state index in [0.29, 0.717) is 43.4 Å². The minimum atomic E-state index is -0.295. The van der Waals surface area contributed by atoms with Gasteiger partial charge in [0.25, 0.3) is 0 Å². The number of halogens is 5. The molecule has 0 bridgehead atoms. The van der Waals surface area contributed by atoms with Crippen molar-refractivity contribution in [2.24, 2.45) is 0 Å². The van der Waals surface area contributed by atoms with Crippen LogP contribution in [-0.2, 0) is 9.53 Å². The predicted molar refractivity (Wildman–Crippen MR) is 123 cm³/mol. The summed E-state index contributed by atoms with van der Waals surface area (Å²) in [6, 6.07) is 6.58. The quantitative estimate of drug-likeness (QED) is 0.203. The summed E-state index contributed by atoms with van der Waals surface area (Å²) in [5.74, 6) is 5.34. The van der Waals surface area contributed by atoms with Gasteiger partial charge in [-0.25, -0.2) is 0 Å². The largest absolute Gasteiger partial charge is 0.469 e. The van der Waals surface area contributed by atoms with E-state index in [1.807, 2.05) is 0 Å². The molecule has 0 aliphatic heterocycles. The fourth-order valence-electron chi connectivity index (χ4n) is 1.67. The highest BCUT2D eigenvalue weighted by atomic mass is 127. The van der Waals surface area contributed by atoms with Crippen molar-refractivity contribution in [1.82, 2.24) is 0 Å². The van der Waals surface area contributed by atoms with Crippen LogP contribution in [0, 0.1) is 15.4 Å². The van der Waals surface area contributed by atoms with E-state index in [9.17, 15) is 4.79 Å². The topological polar surface area (TPSA) is 78.3 Å². The Balaban J connectivity index is 0.000000309. The number of ether oxygens (including phenoxy) is 1. The number of carbonyl (C=O) groups excluding carboxylic acids is 1. The SMILES string of the molecule is COC(=O)CCC#Cc1cc(Cl)cc(Cl)c1N.Nc1c(Cl)cc(Cl)cc1I. The average molecular weight is 560 g/mol. The van der Waals surface area contributed by atoms with Crippen LogP contribution in [0.2, 0.25) is 20.1 Å². The Bertz CT molecular complexity index is 872. The van der Waals surface area contributed by atoms with E-state index in [2.05, 4.69) is 39.2 Å². The van der Waals surface area contributed by atoms with Crippen LogP contribution in [0.5, 0.6) is 0 Å². The highest BCUT2D eigenvalue weighted by Crippen LogP contribution is 2.28. The van der Waals surface area contributed by atoms with Crippen LogP contribution in [0.3, 0.4) is 0 Å². The lowest BCUT2D eigenvalue weighted by Crippen LogP contribution is -1.98. The summed E-state index contributed by atoms with van der Waals surface area (Å²) in [7, 11) is 1.34. The lowest BCUT2D eigenvalue weighted by molar-refractivity contribution is -0.140. The summed E-state index contributed by atoms with van der Waals surface area (Å²) in [4.78, 5) is 10.8. The molecule has 2 aromatic carbocycles. The molecule has 4 nitrogen and oxygen atoms in total. The lowest BCUT2D eigenvalue weighted by atomic mass is 10.2. The first-order valence-electron chi connectivity index (χ1n) is 7.36. The molecule has 0 unspecified atom stereocenters. The predicted octanol–water partition coefficient (Wildman–Crippen LogP) is 6.06. The number of rotatable bonds is 2. The fourth-order valence-corrected chi connectivity index (χ4v) is 3.62. The number of benzene rings is 2. The van der Waals surface area contributed by atoms with E-state index in [0.717, 1.165) is 3.57 Å².